The van der Waals surface area contributed by atoms with Crippen molar-refractivity contribution < 1.29 is 28.6 Å². The van der Waals surface area contributed by atoms with Gasteiger partial charge in [-0.1, -0.05) is 202 Å². The molecule has 0 saturated carbocycles. The average Bonchev–Trinajstić information content (AvgIpc) is 3.11. The quantitative estimate of drug-likeness (QED) is 0.0355. The number of ether oxygens (including phenoxy) is 3. The molecular weight excluding hydrogens is 649 g/mol. The summed E-state index contributed by atoms with van der Waals surface area (Å²) in [5, 5.41) is 0. The van der Waals surface area contributed by atoms with Gasteiger partial charge >= 0.3 is 17.9 Å². The molecule has 0 spiro atoms. The molecule has 0 aliphatic heterocycles. The Balaban J connectivity index is 4.35. The molecule has 0 bridgehead atoms. The van der Waals surface area contributed by atoms with Gasteiger partial charge in [-0.3, -0.25) is 14.4 Å². The van der Waals surface area contributed by atoms with Gasteiger partial charge in [-0.25, -0.2) is 0 Å². The van der Waals surface area contributed by atoms with Crippen molar-refractivity contribution in [3.63, 3.8) is 0 Å². The summed E-state index contributed by atoms with van der Waals surface area (Å²) in [5.41, 5.74) is 0. The van der Waals surface area contributed by atoms with Gasteiger partial charge < -0.3 is 14.2 Å². The van der Waals surface area contributed by atoms with Crippen LogP contribution in [0.5, 0.6) is 0 Å². The van der Waals surface area contributed by atoms with Crippen molar-refractivity contribution in [3.8, 4) is 0 Å². The molecule has 0 N–H and O–H groups in total. The van der Waals surface area contributed by atoms with Gasteiger partial charge in [0.1, 0.15) is 13.2 Å². The maximum atomic E-state index is 12.7. The van der Waals surface area contributed by atoms with Gasteiger partial charge in [0.05, 0.1) is 0 Å². The third kappa shape index (κ3) is 38.1. The molecular formula is C46H88O6. The SMILES string of the molecule is CCC(C)CCCCCCCCC(=O)O[C@H](COC(=O)CCCCCCCCCCCCC(C)C)COC(=O)CCCCCCCCCCC(C)C. The minimum Gasteiger partial charge on any atom is -0.462 e. The van der Waals surface area contributed by atoms with Crippen LogP contribution in [-0.2, 0) is 28.6 Å². The molecule has 6 nitrogen and oxygen atoms in total. The Bertz CT molecular complexity index is 809. The zero-order valence-corrected chi connectivity index (χ0v) is 35.6. The van der Waals surface area contributed by atoms with E-state index in [1.807, 2.05) is 0 Å². The predicted octanol–water partition coefficient (Wildman–Crippen LogP) is 14.0. The number of carbonyl (C=O) groups is 3. The lowest BCUT2D eigenvalue weighted by Gasteiger charge is -2.18. The first-order valence-electron chi connectivity index (χ1n) is 22.6. The van der Waals surface area contributed by atoms with E-state index in [0.29, 0.717) is 19.3 Å². The van der Waals surface area contributed by atoms with Crippen molar-refractivity contribution in [2.75, 3.05) is 13.2 Å². The Labute approximate surface area is 323 Å². The normalized spacial score (nSPS) is 12.7. The molecule has 52 heavy (non-hydrogen) atoms. The molecule has 0 aliphatic rings. The van der Waals surface area contributed by atoms with Gasteiger partial charge in [0.2, 0.25) is 0 Å². The van der Waals surface area contributed by atoms with E-state index in [-0.39, 0.29) is 31.1 Å². The van der Waals surface area contributed by atoms with E-state index < -0.39 is 6.10 Å². The summed E-state index contributed by atoms with van der Waals surface area (Å²) in [4.78, 5) is 37.7. The van der Waals surface area contributed by atoms with Crippen molar-refractivity contribution in [2.24, 2.45) is 17.8 Å². The third-order valence-electron chi connectivity index (χ3n) is 10.5. The van der Waals surface area contributed by atoms with E-state index in [1.54, 1.807) is 0 Å². The fourth-order valence-electron chi connectivity index (χ4n) is 6.67. The molecule has 0 saturated heterocycles. The van der Waals surface area contributed by atoms with Crippen molar-refractivity contribution in [3.05, 3.63) is 0 Å². The molecule has 0 aromatic heterocycles. The first-order chi connectivity index (χ1) is 25.1. The largest absolute Gasteiger partial charge is 0.462 e. The van der Waals surface area contributed by atoms with Crippen molar-refractivity contribution >= 4 is 17.9 Å². The fraction of sp³-hybridized carbons (Fsp3) is 0.935. The summed E-state index contributed by atoms with van der Waals surface area (Å²) >= 11 is 0. The highest BCUT2D eigenvalue weighted by Crippen LogP contribution is 2.17. The van der Waals surface area contributed by atoms with Gasteiger partial charge in [0.25, 0.3) is 0 Å². The molecule has 0 aliphatic carbocycles. The van der Waals surface area contributed by atoms with Crippen LogP contribution in [0.15, 0.2) is 0 Å². The molecule has 0 amide bonds. The molecule has 2 atom stereocenters. The van der Waals surface area contributed by atoms with Crippen LogP contribution >= 0.6 is 0 Å². The highest BCUT2D eigenvalue weighted by atomic mass is 16.6. The number of esters is 3. The Morgan fingerprint density at radius 3 is 1.00 bits per heavy atom. The van der Waals surface area contributed by atoms with E-state index in [9.17, 15) is 14.4 Å². The topological polar surface area (TPSA) is 78.9 Å². The molecule has 0 fully saturated rings. The summed E-state index contributed by atoms with van der Waals surface area (Å²) in [6, 6.07) is 0. The number of carbonyl (C=O) groups excluding carboxylic acids is 3. The average molecular weight is 737 g/mol. The highest BCUT2D eigenvalue weighted by molar-refractivity contribution is 5.71. The second kappa shape index (κ2) is 37.7. The number of rotatable bonds is 39. The Kier molecular flexibility index (Phi) is 36.6. The lowest BCUT2D eigenvalue weighted by molar-refractivity contribution is -0.167. The summed E-state index contributed by atoms with van der Waals surface area (Å²) in [5.74, 6) is 1.56. The van der Waals surface area contributed by atoms with E-state index in [2.05, 4.69) is 41.5 Å². The van der Waals surface area contributed by atoms with E-state index >= 15 is 0 Å². The van der Waals surface area contributed by atoms with Crippen LogP contribution in [0.3, 0.4) is 0 Å². The first-order valence-corrected chi connectivity index (χ1v) is 22.6. The smallest absolute Gasteiger partial charge is 0.306 e. The molecule has 0 radical (unpaired) electrons. The van der Waals surface area contributed by atoms with Crippen LogP contribution in [0, 0.1) is 17.8 Å². The van der Waals surface area contributed by atoms with Gasteiger partial charge in [-0.2, -0.15) is 0 Å². The summed E-state index contributed by atoms with van der Waals surface area (Å²) in [6.07, 6.45) is 33.8. The Hall–Kier alpha value is -1.59. The monoisotopic (exact) mass is 737 g/mol. The molecule has 0 aromatic rings. The fourth-order valence-corrected chi connectivity index (χ4v) is 6.67. The second-order valence-corrected chi connectivity index (χ2v) is 16.9. The van der Waals surface area contributed by atoms with Gasteiger partial charge in [-0.15, -0.1) is 0 Å². The molecule has 0 heterocycles. The maximum absolute atomic E-state index is 12.7. The van der Waals surface area contributed by atoms with E-state index in [4.69, 9.17) is 14.2 Å². The first kappa shape index (κ1) is 50.4. The predicted molar refractivity (Wildman–Crippen MR) is 219 cm³/mol. The van der Waals surface area contributed by atoms with E-state index in [0.717, 1.165) is 75.5 Å². The van der Waals surface area contributed by atoms with Crippen LogP contribution < -0.4 is 0 Å². The van der Waals surface area contributed by atoms with Crippen molar-refractivity contribution in [2.45, 2.75) is 247 Å². The number of hydrogen-bond acceptors (Lipinski definition) is 6. The van der Waals surface area contributed by atoms with Crippen molar-refractivity contribution in [1.82, 2.24) is 0 Å². The number of hydrogen-bond donors (Lipinski definition) is 0. The summed E-state index contributed by atoms with van der Waals surface area (Å²) in [6.45, 7) is 13.6. The minimum atomic E-state index is -0.762. The van der Waals surface area contributed by atoms with Crippen LogP contribution in [-0.4, -0.2) is 37.2 Å². The number of unbranched alkanes of at least 4 members (excludes halogenated alkanes) is 21. The maximum Gasteiger partial charge on any atom is 0.306 e. The molecule has 1 unspecified atom stereocenters. The van der Waals surface area contributed by atoms with E-state index in [1.165, 1.54) is 122 Å². The zero-order chi connectivity index (χ0) is 38.5. The molecule has 0 aromatic carbocycles. The van der Waals surface area contributed by atoms with Gasteiger partial charge in [-0.05, 0) is 37.0 Å². The highest BCUT2D eigenvalue weighted by Gasteiger charge is 2.19. The lowest BCUT2D eigenvalue weighted by Crippen LogP contribution is -2.30. The lowest BCUT2D eigenvalue weighted by atomic mass is 10.00. The molecule has 308 valence electrons. The zero-order valence-electron chi connectivity index (χ0n) is 35.6. The van der Waals surface area contributed by atoms with Crippen LogP contribution in [0.4, 0.5) is 0 Å². The molecule has 6 heteroatoms. The standard InChI is InChI=1S/C46H88O6/c1-7-42(6)34-28-22-18-19-25-31-37-46(49)52-43(39-51-45(48)36-30-24-17-13-12-15-21-27-33-41(4)5)38-50-44(47)35-29-23-16-11-9-8-10-14-20-26-32-40(2)3/h40-43H,7-39H2,1-6H3/t42?,43-/m1/s1. The summed E-state index contributed by atoms with van der Waals surface area (Å²) < 4.78 is 16.7. The van der Waals surface area contributed by atoms with Crippen LogP contribution in [0.2, 0.25) is 0 Å². The second-order valence-electron chi connectivity index (χ2n) is 16.9. The van der Waals surface area contributed by atoms with Crippen LogP contribution in [0.25, 0.3) is 0 Å². The van der Waals surface area contributed by atoms with Gasteiger partial charge in [0, 0.05) is 19.3 Å². The third-order valence-corrected chi connectivity index (χ3v) is 10.5. The van der Waals surface area contributed by atoms with Gasteiger partial charge in [0.15, 0.2) is 6.10 Å². The Morgan fingerprint density at radius 2 is 0.673 bits per heavy atom. The van der Waals surface area contributed by atoms with Crippen molar-refractivity contribution in [1.29, 1.82) is 0 Å². The molecule has 0 rings (SSSR count). The Morgan fingerprint density at radius 1 is 0.385 bits per heavy atom. The van der Waals surface area contributed by atoms with Crippen LogP contribution in [0.1, 0.15) is 241 Å². The minimum absolute atomic E-state index is 0.0671. The summed E-state index contributed by atoms with van der Waals surface area (Å²) in [7, 11) is 0.